The molecule has 0 aliphatic heterocycles. The van der Waals surface area contributed by atoms with E-state index in [1.165, 1.54) is 28.6 Å². The molecule has 0 heterocycles. The first-order valence-electron chi connectivity index (χ1n) is 9.02. The van der Waals surface area contributed by atoms with Crippen molar-refractivity contribution in [3.8, 4) is 0 Å². The summed E-state index contributed by atoms with van der Waals surface area (Å²) in [6.07, 6.45) is 0. The zero-order chi connectivity index (χ0) is 22.3. The van der Waals surface area contributed by atoms with Crippen LogP contribution < -0.4 is 16.2 Å². The molecule has 0 bridgehead atoms. The van der Waals surface area contributed by atoms with Gasteiger partial charge in [-0.3, -0.25) is 21.0 Å². The maximum Gasteiger partial charge on any atom is 0.270 e. The molecule has 0 fully saturated rings. The molecule has 3 N–H and O–H groups in total. The van der Waals surface area contributed by atoms with Crippen molar-refractivity contribution in [2.75, 3.05) is 18.5 Å². The molecule has 0 saturated carbocycles. The summed E-state index contributed by atoms with van der Waals surface area (Å²) in [6, 6.07) is 9.35. The summed E-state index contributed by atoms with van der Waals surface area (Å²) in [7, 11) is -3.97. The number of sulfonamides is 1. The van der Waals surface area contributed by atoms with Crippen molar-refractivity contribution < 1.29 is 17.7 Å². The van der Waals surface area contributed by atoms with Gasteiger partial charge in [0.25, 0.3) is 5.69 Å². The van der Waals surface area contributed by atoms with Crippen LogP contribution in [0.3, 0.4) is 0 Å². The van der Waals surface area contributed by atoms with E-state index in [4.69, 9.17) is 12.2 Å². The average Bonchev–Trinajstić information content (AvgIpc) is 2.72. The molecule has 12 heteroatoms. The van der Waals surface area contributed by atoms with Crippen molar-refractivity contribution in [3.63, 3.8) is 0 Å². The third kappa shape index (κ3) is 5.84. The predicted octanol–water partition coefficient (Wildman–Crippen LogP) is 2.76. The molecule has 30 heavy (non-hydrogen) atoms. The number of nitro groups is 1. The van der Waals surface area contributed by atoms with Crippen LogP contribution in [-0.2, 0) is 16.6 Å². The van der Waals surface area contributed by atoms with Crippen LogP contribution in [0.25, 0.3) is 0 Å². The molecule has 0 aliphatic rings. The summed E-state index contributed by atoms with van der Waals surface area (Å²) in [6.45, 7) is 4.10. The van der Waals surface area contributed by atoms with Gasteiger partial charge < -0.3 is 5.32 Å². The molecule has 2 rings (SSSR count). The van der Waals surface area contributed by atoms with Crippen LogP contribution >= 0.6 is 12.2 Å². The summed E-state index contributed by atoms with van der Waals surface area (Å²) in [5.41, 5.74) is 5.91. The van der Waals surface area contributed by atoms with Crippen LogP contribution in [0.15, 0.2) is 47.4 Å². The van der Waals surface area contributed by atoms with E-state index in [1.807, 2.05) is 0 Å². The van der Waals surface area contributed by atoms with Crippen LogP contribution in [-0.4, -0.2) is 35.8 Å². The van der Waals surface area contributed by atoms with Crippen molar-refractivity contribution in [2.45, 2.75) is 25.3 Å². The molecule has 0 spiro atoms. The molecule has 2 aromatic carbocycles. The fourth-order valence-corrected chi connectivity index (χ4v) is 4.34. The smallest absolute Gasteiger partial charge is 0.270 e. The lowest BCUT2D eigenvalue weighted by molar-refractivity contribution is -0.385. The highest BCUT2D eigenvalue weighted by atomic mass is 32.2. The summed E-state index contributed by atoms with van der Waals surface area (Å²) in [4.78, 5) is 10.2. The lowest BCUT2D eigenvalue weighted by atomic mass is 10.2. The Morgan fingerprint density at radius 3 is 2.37 bits per heavy atom. The number of hydrazine groups is 1. The van der Waals surface area contributed by atoms with Gasteiger partial charge in [-0.2, -0.15) is 4.31 Å². The third-order valence-electron chi connectivity index (χ3n) is 4.18. The molecule has 0 unspecified atom stereocenters. The SMILES string of the molecule is CCN(CC)S(=O)(=O)c1cc([N+](=O)[O-])ccc1NNC(=S)NCc1ccc(F)cc1. The fourth-order valence-electron chi connectivity index (χ4n) is 2.60. The maximum absolute atomic E-state index is 13.0. The lowest BCUT2D eigenvalue weighted by Gasteiger charge is -2.21. The molecule has 2 aromatic rings. The number of thiocarbonyl (C=S) groups is 1. The molecular formula is C18H22FN5O4S2. The van der Waals surface area contributed by atoms with Crippen molar-refractivity contribution in [1.29, 1.82) is 0 Å². The van der Waals surface area contributed by atoms with E-state index in [9.17, 15) is 22.9 Å². The molecule has 9 nitrogen and oxygen atoms in total. The highest BCUT2D eigenvalue weighted by molar-refractivity contribution is 7.89. The second-order valence-corrected chi connectivity index (χ2v) is 8.40. The van der Waals surface area contributed by atoms with Crippen LogP contribution in [0.2, 0.25) is 0 Å². The molecule has 0 atom stereocenters. The second kappa shape index (κ2) is 10.3. The van der Waals surface area contributed by atoms with Crippen molar-refractivity contribution in [2.24, 2.45) is 0 Å². The predicted molar refractivity (Wildman–Crippen MR) is 116 cm³/mol. The minimum atomic E-state index is -3.97. The van der Waals surface area contributed by atoms with Crippen LogP contribution in [0.4, 0.5) is 15.8 Å². The van der Waals surface area contributed by atoms with Gasteiger partial charge in [0.1, 0.15) is 10.7 Å². The van der Waals surface area contributed by atoms with Gasteiger partial charge in [-0.15, -0.1) is 0 Å². The number of non-ortho nitro benzene ring substituents is 1. The number of benzene rings is 2. The lowest BCUT2D eigenvalue weighted by Crippen LogP contribution is -2.39. The van der Waals surface area contributed by atoms with Crippen molar-refractivity contribution in [1.82, 2.24) is 15.0 Å². The van der Waals surface area contributed by atoms with Gasteiger partial charge in [0.05, 0.1) is 10.6 Å². The van der Waals surface area contributed by atoms with Gasteiger partial charge in [-0.25, -0.2) is 12.8 Å². The Hall–Kier alpha value is -2.83. The number of anilines is 1. The van der Waals surface area contributed by atoms with Crippen LogP contribution in [0.1, 0.15) is 19.4 Å². The van der Waals surface area contributed by atoms with Crippen molar-refractivity contribution >= 4 is 38.7 Å². The standard InChI is InChI=1S/C18H22FN5O4S2/c1-3-23(4-2)30(27,28)17-11-15(24(25)26)9-10-16(17)21-22-18(29)20-12-13-5-7-14(19)8-6-13/h5-11,21H,3-4,12H2,1-2H3,(H2,20,22,29). The summed E-state index contributed by atoms with van der Waals surface area (Å²) in [5, 5.41) is 14.2. The van der Waals surface area contributed by atoms with Crippen LogP contribution in [0, 0.1) is 15.9 Å². The number of nitrogens with zero attached hydrogens (tertiary/aromatic N) is 2. The van der Waals surface area contributed by atoms with Crippen molar-refractivity contribution in [3.05, 3.63) is 64.0 Å². The summed E-state index contributed by atoms with van der Waals surface area (Å²) >= 11 is 5.15. The van der Waals surface area contributed by atoms with Gasteiger partial charge in [-0.05, 0) is 36.0 Å². The number of halogens is 1. The quantitative estimate of drug-likeness (QED) is 0.300. The first kappa shape index (κ1) is 23.4. The van der Waals surface area contributed by atoms with Gasteiger partial charge in [0, 0.05) is 31.8 Å². The highest BCUT2D eigenvalue weighted by Crippen LogP contribution is 2.28. The first-order valence-corrected chi connectivity index (χ1v) is 10.9. The van der Waals surface area contributed by atoms with E-state index in [2.05, 4.69) is 16.2 Å². The summed E-state index contributed by atoms with van der Waals surface area (Å²) < 4.78 is 40.0. The monoisotopic (exact) mass is 455 g/mol. The number of rotatable bonds is 9. The van der Waals surface area contributed by atoms with Gasteiger partial charge in [0.2, 0.25) is 10.0 Å². The highest BCUT2D eigenvalue weighted by Gasteiger charge is 2.27. The molecule has 0 radical (unpaired) electrons. The number of nitrogens with one attached hydrogen (secondary N) is 3. The zero-order valence-corrected chi connectivity index (χ0v) is 18.0. The fraction of sp³-hybridized carbons (Fsp3) is 0.278. The van der Waals surface area contributed by atoms with E-state index in [-0.39, 0.29) is 40.3 Å². The first-order chi connectivity index (χ1) is 14.2. The Kier molecular flexibility index (Phi) is 8.03. The van der Waals surface area contributed by atoms with E-state index in [0.717, 1.165) is 11.6 Å². The second-order valence-electron chi connectivity index (χ2n) is 6.09. The molecule has 0 aromatic heterocycles. The van der Waals surface area contributed by atoms with E-state index < -0.39 is 14.9 Å². The van der Waals surface area contributed by atoms with E-state index in [0.29, 0.717) is 6.54 Å². The average molecular weight is 456 g/mol. The Balaban J connectivity index is 2.17. The minimum Gasteiger partial charge on any atom is -0.357 e. The van der Waals surface area contributed by atoms with Gasteiger partial charge in [0.15, 0.2) is 5.11 Å². The Morgan fingerprint density at radius 1 is 1.17 bits per heavy atom. The molecule has 0 saturated heterocycles. The normalized spacial score (nSPS) is 11.2. The number of hydrogen-bond acceptors (Lipinski definition) is 6. The number of nitro benzene ring substituents is 1. The Bertz CT molecular complexity index is 1010. The molecular weight excluding hydrogens is 433 g/mol. The van der Waals surface area contributed by atoms with Gasteiger partial charge in [-0.1, -0.05) is 26.0 Å². The molecule has 0 amide bonds. The molecule has 162 valence electrons. The third-order valence-corrected chi connectivity index (χ3v) is 6.51. The largest absolute Gasteiger partial charge is 0.357 e. The number of hydrogen-bond donors (Lipinski definition) is 3. The van der Waals surface area contributed by atoms with Crippen LogP contribution in [0.5, 0.6) is 0 Å². The van der Waals surface area contributed by atoms with E-state index >= 15 is 0 Å². The Labute approximate surface area is 179 Å². The minimum absolute atomic E-state index is 0.110. The zero-order valence-electron chi connectivity index (χ0n) is 16.4. The topological polar surface area (TPSA) is 117 Å². The molecule has 0 aliphatic carbocycles. The Morgan fingerprint density at radius 2 is 1.80 bits per heavy atom. The maximum atomic E-state index is 13.0. The summed E-state index contributed by atoms with van der Waals surface area (Å²) in [5.74, 6) is -0.346. The van der Waals surface area contributed by atoms with Gasteiger partial charge >= 0.3 is 0 Å². The van der Waals surface area contributed by atoms with E-state index in [1.54, 1.807) is 26.0 Å².